The summed E-state index contributed by atoms with van der Waals surface area (Å²) in [6, 6.07) is 14.5. The number of aryl methyl sites for hydroxylation is 1. The summed E-state index contributed by atoms with van der Waals surface area (Å²) >= 11 is 5.86. The first kappa shape index (κ1) is 23.6. The molecule has 0 radical (unpaired) electrons. The number of carbonyl (C=O) groups is 1. The highest BCUT2D eigenvalue weighted by Gasteiger charge is 2.18. The fourth-order valence-corrected chi connectivity index (χ4v) is 4.49. The zero-order chi connectivity index (χ0) is 21.9. The predicted molar refractivity (Wildman–Crippen MR) is 130 cm³/mol. The van der Waals surface area contributed by atoms with Crippen LogP contribution in [-0.4, -0.2) is 5.97 Å². The molecule has 2 aromatic rings. The zero-order valence-corrected chi connectivity index (χ0v) is 19.4. The molecule has 3 rings (SSSR count). The van der Waals surface area contributed by atoms with Gasteiger partial charge in [-0.1, -0.05) is 68.5 Å². The summed E-state index contributed by atoms with van der Waals surface area (Å²) < 4.78 is 5.39. The van der Waals surface area contributed by atoms with Crippen LogP contribution in [0.5, 0.6) is 5.75 Å². The van der Waals surface area contributed by atoms with Gasteiger partial charge >= 0.3 is 5.97 Å². The normalized spacial score (nSPS) is 18.9. The van der Waals surface area contributed by atoms with Gasteiger partial charge in [0, 0.05) is 5.02 Å². The Kier molecular flexibility index (Phi) is 9.68. The van der Waals surface area contributed by atoms with Gasteiger partial charge in [0.15, 0.2) is 0 Å². The Morgan fingerprint density at radius 3 is 2.39 bits per heavy atom. The van der Waals surface area contributed by atoms with Crippen LogP contribution in [0.1, 0.15) is 80.6 Å². The van der Waals surface area contributed by atoms with Crippen molar-refractivity contribution in [2.75, 3.05) is 0 Å². The molecule has 0 amide bonds. The maximum Gasteiger partial charge on any atom is 0.343 e. The lowest BCUT2D eigenvalue weighted by Gasteiger charge is -2.26. The van der Waals surface area contributed by atoms with Crippen molar-refractivity contribution in [1.29, 1.82) is 0 Å². The third kappa shape index (κ3) is 8.18. The van der Waals surface area contributed by atoms with Gasteiger partial charge in [0.2, 0.25) is 0 Å². The lowest BCUT2D eigenvalue weighted by molar-refractivity contribution is 0.0735. The van der Waals surface area contributed by atoms with Crippen molar-refractivity contribution in [3.05, 3.63) is 76.8 Å². The third-order valence-electron chi connectivity index (χ3n) is 6.33. The number of allylic oxidation sites excluding steroid dienone is 2. The molecule has 166 valence electrons. The van der Waals surface area contributed by atoms with Crippen molar-refractivity contribution in [2.24, 2.45) is 11.8 Å². The summed E-state index contributed by atoms with van der Waals surface area (Å²) in [6.07, 6.45) is 17.9. The van der Waals surface area contributed by atoms with Crippen LogP contribution in [0.25, 0.3) is 0 Å². The van der Waals surface area contributed by atoms with Crippen LogP contribution in [0, 0.1) is 11.8 Å². The van der Waals surface area contributed by atoms with Crippen LogP contribution in [0.4, 0.5) is 0 Å². The molecular weight excluding hydrogens is 404 g/mol. The second-order valence-corrected chi connectivity index (χ2v) is 9.22. The second kappa shape index (κ2) is 12.7. The molecule has 0 aliphatic heterocycles. The minimum Gasteiger partial charge on any atom is -0.423 e. The van der Waals surface area contributed by atoms with Gasteiger partial charge in [-0.2, -0.15) is 0 Å². The monoisotopic (exact) mass is 438 g/mol. The fourth-order valence-electron chi connectivity index (χ4n) is 4.37. The quantitative estimate of drug-likeness (QED) is 0.161. The van der Waals surface area contributed by atoms with E-state index < -0.39 is 0 Å². The maximum absolute atomic E-state index is 12.3. The van der Waals surface area contributed by atoms with E-state index in [2.05, 4.69) is 19.1 Å². The highest BCUT2D eigenvalue weighted by atomic mass is 35.5. The van der Waals surface area contributed by atoms with Gasteiger partial charge in [-0.15, -0.1) is 0 Å². The van der Waals surface area contributed by atoms with Gasteiger partial charge in [0.05, 0.1) is 5.56 Å². The van der Waals surface area contributed by atoms with Crippen LogP contribution < -0.4 is 4.74 Å². The molecule has 31 heavy (non-hydrogen) atoms. The lowest BCUT2D eigenvalue weighted by Crippen LogP contribution is -2.13. The van der Waals surface area contributed by atoms with Gasteiger partial charge in [-0.3, -0.25) is 0 Å². The SMILES string of the molecule is CCCCCC1CCC(/C=C/CCc2ccc(C(=O)Oc3ccc(Cl)cc3)cc2)CC1. The Labute approximate surface area is 192 Å². The van der Waals surface area contributed by atoms with Crippen molar-refractivity contribution >= 4 is 17.6 Å². The Balaban J connectivity index is 1.36. The van der Waals surface area contributed by atoms with E-state index in [-0.39, 0.29) is 5.97 Å². The molecule has 0 saturated heterocycles. The minimum atomic E-state index is -0.348. The van der Waals surface area contributed by atoms with Crippen molar-refractivity contribution in [3.8, 4) is 5.75 Å². The third-order valence-corrected chi connectivity index (χ3v) is 6.58. The van der Waals surface area contributed by atoms with Crippen molar-refractivity contribution < 1.29 is 9.53 Å². The summed E-state index contributed by atoms with van der Waals surface area (Å²) in [5.41, 5.74) is 1.80. The number of benzene rings is 2. The van der Waals surface area contributed by atoms with E-state index in [0.717, 1.165) is 24.7 Å². The van der Waals surface area contributed by atoms with Crippen molar-refractivity contribution in [2.45, 2.75) is 71.1 Å². The van der Waals surface area contributed by atoms with Gasteiger partial charge in [0.25, 0.3) is 0 Å². The molecule has 0 heterocycles. The molecule has 1 aliphatic carbocycles. The van der Waals surface area contributed by atoms with E-state index >= 15 is 0 Å². The van der Waals surface area contributed by atoms with E-state index in [1.807, 2.05) is 24.3 Å². The van der Waals surface area contributed by atoms with Gasteiger partial charge in [0.1, 0.15) is 5.75 Å². The Morgan fingerprint density at radius 2 is 1.71 bits per heavy atom. The van der Waals surface area contributed by atoms with E-state index in [0.29, 0.717) is 16.3 Å². The fraction of sp³-hybridized carbons (Fsp3) is 0.464. The molecule has 3 heteroatoms. The molecule has 1 aliphatic rings. The largest absolute Gasteiger partial charge is 0.423 e. The molecule has 0 bridgehead atoms. The number of hydrogen-bond acceptors (Lipinski definition) is 2. The minimum absolute atomic E-state index is 0.348. The van der Waals surface area contributed by atoms with Crippen LogP contribution >= 0.6 is 11.6 Å². The summed E-state index contributed by atoms with van der Waals surface area (Å²) in [5.74, 6) is 1.89. The van der Waals surface area contributed by atoms with E-state index in [9.17, 15) is 4.79 Å². The van der Waals surface area contributed by atoms with Gasteiger partial charge in [-0.25, -0.2) is 4.79 Å². The summed E-state index contributed by atoms with van der Waals surface area (Å²) in [6.45, 7) is 2.28. The Hall–Kier alpha value is -2.06. The van der Waals surface area contributed by atoms with E-state index in [1.165, 1.54) is 56.9 Å². The smallest absolute Gasteiger partial charge is 0.343 e. The first-order valence-corrected chi connectivity index (χ1v) is 12.2. The molecule has 0 unspecified atom stereocenters. The van der Waals surface area contributed by atoms with E-state index in [1.54, 1.807) is 24.3 Å². The molecule has 0 atom stereocenters. The number of halogens is 1. The standard InChI is InChI=1S/C28H35ClO2/c1-2-3-4-7-22-10-12-23(13-11-22)8-5-6-9-24-14-16-25(17-15-24)28(30)31-27-20-18-26(29)19-21-27/h5,8,14-23H,2-4,6-7,9-13H2,1H3/b8-5+. The van der Waals surface area contributed by atoms with Crippen LogP contribution in [0.3, 0.4) is 0 Å². The molecule has 1 saturated carbocycles. The zero-order valence-electron chi connectivity index (χ0n) is 18.7. The number of unbranched alkanes of at least 4 members (excludes halogenated alkanes) is 2. The first-order valence-electron chi connectivity index (χ1n) is 11.9. The Bertz CT molecular complexity index is 815. The topological polar surface area (TPSA) is 26.3 Å². The number of ether oxygens (including phenoxy) is 1. The molecule has 0 spiro atoms. The number of esters is 1. The van der Waals surface area contributed by atoms with E-state index in [4.69, 9.17) is 16.3 Å². The van der Waals surface area contributed by atoms with Gasteiger partial charge < -0.3 is 4.74 Å². The summed E-state index contributed by atoms with van der Waals surface area (Å²) in [5, 5.41) is 0.619. The highest BCUT2D eigenvalue weighted by molar-refractivity contribution is 6.30. The molecule has 0 aromatic heterocycles. The highest BCUT2D eigenvalue weighted by Crippen LogP contribution is 2.32. The molecule has 2 aromatic carbocycles. The predicted octanol–water partition coefficient (Wildman–Crippen LogP) is 8.43. The van der Waals surface area contributed by atoms with Crippen LogP contribution in [0.2, 0.25) is 5.02 Å². The first-order chi connectivity index (χ1) is 15.1. The lowest BCUT2D eigenvalue weighted by atomic mass is 9.79. The average Bonchev–Trinajstić information content (AvgIpc) is 2.80. The second-order valence-electron chi connectivity index (χ2n) is 8.78. The Morgan fingerprint density at radius 1 is 1.00 bits per heavy atom. The molecule has 0 N–H and O–H groups in total. The van der Waals surface area contributed by atoms with Crippen molar-refractivity contribution in [1.82, 2.24) is 0 Å². The number of rotatable bonds is 10. The maximum atomic E-state index is 12.3. The van der Waals surface area contributed by atoms with Crippen LogP contribution in [-0.2, 0) is 6.42 Å². The van der Waals surface area contributed by atoms with Crippen LogP contribution in [0.15, 0.2) is 60.7 Å². The molecule has 2 nitrogen and oxygen atoms in total. The van der Waals surface area contributed by atoms with Crippen molar-refractivity contribution in [3.63, 3.8) is 0 Å². The number of hydrogen-bond donors (Lipinski definition) is 0. The summed E-state index contributed by atoms with van der Waals surface area (Å²) in [4.78, 5) is 12.3. The molecule has 1 fully saturated rings. The molecular formula is C28H35ClO2. The average molecular weight is 439 g/mol. The van der Waals surface area contributed by atoms with Gasteiger partial charge in [-0.05, 0) is 92.3 Å². The number of carbonyl (C=O) groups excluding carboxylic acids is 1. The summed E-state index contributed by atoms with van der Waals surface area (Å²) in [7, 11) is 0.